The van der Waals surface area contributed by atoms with Crippen molar-refractivity contribution >= 4 is 23.8 Å². The largest absolute Gasteiger partial charge is 0.478 e. The average molecular weight is 283 g/mol. The van der Waals surface area contributed by atoms with Crippen LogP contribution >= 0.6 is 11.8 Å². The SMILES string of the molecule is CSCCN(C)Cc1ccc(F)c(/C=C/C(=O)O)c1. The van der Waals surface area contributed by atoms with Crippen LogP contribution in [0.1, 0.15) is 11.1 Å². The van der Waals surface area contributed by atoms with Gasteiger partial charge in [0.25, 0.3) is 0 Å². The Hall–Kier alpha value is -1.33. The summed E-state index contributed by atoms with van der Waals surface area (Å²) in [7, 11) is 2.01. The van der Waals surface area contributed by atoms with E-state index >= 15 is 0 Å². The van der Waals surface area contributed by atoms with E-state index < -0.39 is 11.8 Å². The van der Waals surface area contributed by atoms with Gasteiger partial charge < -0.3 is 10.0 Å². The Morgan fingerprint density at radius 3 is 2.89 bits per heavy atom. The highest BCUT2D eigenvalue weighted by Gasteiger charge is 2.04. The fraction of sp³-hybridized carbons (Fsp3) is 0.357. The summed E-state index contributed by atoms with van der Waals surface area (Å²) < 4.78 is 13.5. The van der Waals surface area contributed by atoms with E-state index in [2.05, 4.69) is 11.2 Å². The Balaban J connectivity index is 2.75. The smallest absolute Gasteiger partial charge is 0.328 e. The van der Waals surface area contributed by atoms with E-state index in [4.69, 9.17) is 5.11 Å². The number of carboxylic acid groups (broad SMARTS) is 1. The van der Waals surface area contributed by atoms with Gasteiger partial charge in [-0.15, -0.1) is 0 Å². The molecule has 0 heterocycles. The van der Waals surface area contributed by atoms with Crippen LogP contribution in [0, 0.1) is 5.82 Å². The number of halogens is 1. The van der Waals surface area contributed by atoms with Crippen molar-refractivity contribution in [2.24, 2.45) is 0 Å². The fourth-order valence-electron chi connectivity index (χ4n) is 1.62. The number of rotatable bonds is 7. The van der Waals surface area contributed by atoms with Crippen LogP contribution in [-0.4, -0.2) is 41.6 Å². The summed E-state index contributed by atoms with van der Waals surface area (Å²) in [4.78, 5) is 12.6. The lowest BCUT2D eigenvalue weighted by Gasteiger charge is -2.16. The molecule has 0 amide bonds. The van der Waals surface area contributed by atoms with E-state index in [9.17, 15) is 9.18 Å². The van der Waals surface area contributed by atoms with Crippen LogP contribution in [-0.2, 0) is 11.3 Å². The second-order valence-electron chi connectivity index (χ2n) is 4.26. The van der Waals surface area contributed by atoms with Crippen LogP contribution in [0.25, 0.3) is 6.08 Å². The van der Waals surface area contributed by atoms with Gasteiger partial charge in [0, 0.05) is 30.5 Å². The molecule has 0 aromatic heterocycles. The van der Waals surface area contributed by atoms with E-state index in [0.717, 1.165) is 30.5 Å². The van der Waals surface area contributed by atoms with Crippen molar-refractivity contribution in [2.45, 2.75) is 6.54 Å². The Morgan fingerprint density at radius 1 is 1.53 bits per heavy atom. The van der Waals surface area contributed by atoms with Crippen molar-refractivity contribution in [3.05, 3.63) is 41.2 Å². The summed E-state index contributed by atoms with van der Waals surface area (Å²) in [5.74, 6) is -0.446. The first-order chi connectivity index (χ1) is 9.02. The standard InChI is InChI=1S/C14H18FNO2S/c1-16(7-8-19-2)10-11-3-5-13(15)12(9-11)4-6-14(17)18/h3-6,9H,7-8,10H2,1-2H3,(H,17,18)/b6-4+. The summed E-state index contributed by atoms with van der Waals surface area (Å²) in [6.45, 7) is 1.67. The number of hydrogen-bond acceptors (Lipinski definition) is 3. The molecule has 0 saturated heterocycles. The van der Waals surface area contributed by atoms with Crippen molar-refractivity contribution in [1.29, 1.82) is 0 Å². The van der Waals surface area contributed by atoms with Gasteiger partial charge in [-0.1, -0.05) is 6.07 Å². The minimum Gasteiger partial charge on any atom is -0.478 e. The normalized spacial score (nSPS) is 11.4. The van der Waals surface area contributed by atoms with E-state index in [-0.39, 0.29) is 0 Å². The van der Waals surface area contributed by atoms with Crippen LogP contribution in [0.4, 0.5) is 4.39 Å². The zero-order valence-corrected chi connectivity index (χ0v) is 11.9. The summed E-state index contributed by atoms with van der Waals surface area (Å²) in [6, 6.07) is 4.78. The molecule has 0 radical (unpaired) electrons. The molecule has 5 heteroatoms. The van der Waals surface area contributed by atoms with Gasteiger partial charge in [0.05, 0.1) is 0 Å². The molecular formula is C14H18FNO2S. The first-order valence-electron chi connectivity index (χ1n) is 5.90. The van der Waals surface area contributed by atoms with Gasteiger partial charge in [-0.05, 0) is 37.1 Å². The zero-order valence-electron chi connectivity index (χ0n) is 11.1. The molecule has 0 spiro atoms. The molecule has 0 saturated carbocycles. The van der Waals surface area contributed by atoms with Crippen LogP contribution in [0.5, 0.6) is 0 Å². The van der Waals surface area contributed by atoms with Gasteiger partial charge >= 0.3 is 5.97 Å². The Kier molecular flexibility index (Phi) is 6.59. The molecule has 0 aliphatic heterocycles. The topological polar surface area (TPSA) is 40.5 Å². The molecule has 0 fully saturated rings. The van der Waals surface area contributed by atoms with Gasteiger partial charge in [-0.25, -0.2) is 9.18 Å². The van der Waals surface area contributed by atoms with Gasteiger partial charge in [-0.3, -0.25) is 0 Å². The maximum atomic E-state index is 13.5. The van der Waals surface area contributed by atoms with Gasteiger partial charge in [0.15, 0.2) is 0 Å². The number of carbonyl (C=O) groups is 1. The van der Waals surface area contributed by atoms with E-state index in [1.165, 1.54) is 12.1 Å². The maximum absolute atomic E-state index is 13.5. The summed E-state index contributed by atoms with van der Waals surface area (Å²) in [6.07, 6.45) is 4.28. The fourth-order valence-corrected chi connectivity index (χ4v) is 2.11. The number of aliphatic carboxylic acids is 1. The molecule has 1 rings (SSSR count). The van der Waals surface area contributed by atoms with Crippen molar-refractivity contribution in [1.82, 2.24) is 4.90 Å². The number of nitrogens with zero attached hydrogens (tertiary/aromatic N) is 1. The molecule has 1 aromatic carbocycles. The average Bonchev–Trinajstić information content (AvgIpc) is 2.37. The summed E-state index contributed by atoms with van der Waals surface area (Å²) >= 11 is 1.78. The van der Waals surface area contributed by atoms with E-state index in [1.807, 2.05) is 7.05 Å². The second kappa shape index (κ2) is 7.96. The molecule has 0 aliphatic rings. The van der Waals surface area contributed by atoms with Gasteiger partial charge in [0.2, 0.25) is 0 Å². The van der Waals surface area contributed by atoms with Gasteiger partial charge in [-0.2, -0.15) is 11.8 Å². The molecule has 0 unspecified atom stereocenters. The highest BCUT2D eigenvalue weighted by molar-refractivity contribution is 7.98. The molecule has 0 atom stereocenters. The van der Waals surface area contributed by atoms with Crippen LogP contribution in [0.2, 0.25) is 0 Å². The molecule has 19 heavy (non-hydrogen) atoms. The van der Waals surface area contributed by atoms with Crippen molar-refractivity contribution in [3.8, 4) is 0 Å². The molecule has 1 N–H and O–H groups in total. The molecular weight excluding hydrogens is 265 g/mol. The Bertz CT molecular complexity index is 463. The number of hydrogen-bond donors (Lipinski definition) is 1. The first-order valence-corrected chi connectivity index (χ1v) is 7.29. The van der Waals surface area contributed by atoms with Crippen LogP contribution < -0.4 is 0 Å². The predicted molar refractivity (Wildman–Crippen MR) is 77.8 cm³/mol. The van der Waals surface area contributed by atoms with Crippen molar-refractivity contribution in [3.63, 3.8) is 0 Å². The molecule has 104 valence electrons. The van der Waals surface area contributed by atoms with Crippen LogP contribution in [0.3, 0.4) is 0 Å². The second-order valence-corrected chi connectivity index (χ2v) is 5.24. The minimum atomic E-state index is -1.08. The van der Waals surface area contributed by atoms with Gasteiger partial charge in [0.1, 0.15) is 5.82 Å². The Morgan fingerprint density at radius 2 is 2.26 bits per heavy atom. The molecule has 0 bridgehead atoms. The third-order valence-corrected chi connectivity index (χ3v) is 3.19. The number of carboxylic acids is 1. The highest BCUT2D eigenvalue weighted by Crippen LogP contribution is 2.14. The number of benzene rings is 1. The quantitative estimate of drug-likeness (QED) is 0.781. The number of thioether (sulfide) groups is 1. The van der Waals surface area contributed by atoms with Crippen molar-refractivity contribution < 1.29 is 14.3 Å². The lowest BCUT2D eigenvalue weighted by atomic mass is 10.1. The highest BCUT2D eigenvalue weighted by atomic mass is 32.2. The lowest BCUT2D eigenvalue weighted by molar-refractivity contribution is -0.131. The maximum Gasteiger partial charge on any atom is 0.328 e. The third kappa shape index (κ3) is 5.89. The molecule has 3 nitrogen and oxygen atoms in total. The zero-order chi connectivity index (χ0) is 14.3. The van der Waals surface area contributed by atoms with Crippen LogP contribution in [0.15, 0.2) is 24.3 Å². The summed E-state index contributed by atoms with van der Waals surface area (Å²) in [5.41, 5.74) is 1.27. The minimum absolute atomic E-state index is 0.304. The third-order valence-electron chi connectivity index (χ3n) is 2.60. The van der Waals surface area contributed by atoms with E-state index in [0.29, 0.717) is 5.56 Å². The van der Waals surface area contributed by atoms with E-state index in [1.54, 1.807) is 23.9 Å². The summed E-state index contributed by atoms with van der Waals surface area (Å²) in [5, 5.41) is 8.56. The van der Waals surface area contributed by atoms with Crippen molar-refractivity contribution in [2.75, 3.05) is 25.6 Å². The molecule has 0 aliphatic carbocycles. The monoisotopic (exact) mass is 283 g/mol. The predicted octanol–water partition coefficient (Wildman–Crippen LogP) is 2.72. The molecule has 1 aromatic rings. The first kappa shape index (κ1) is 15.7. The Labute approximate surface area is 117 Å². The lowest BCUT2D eigenvalue weighted by Crippen LogP contribution is -2.20.